The van der Waals surface area contributed by atoms with Gasteiger partial charge in [-0.05, 0) is 26.0 Å². The van der Waals surface area contributed by atoms with E-state index >= 15 is 0 Å². The van der Waals surface area contributed by atoms with Crippen molar-refractivity contribution in [2.75, 3.05) is 19.0 Å². The first-order chi connectivity index (χ1) is 8.45. The largest absolute Gasteiger partial charge is 0.374 e. The van der Waals surface area contributed by atoms with Crippen molar-refractivity contribution < 1.29 is 13.2 Å². The zero-order valence-corrected chi connectivity index (χ0v) is 12.7. The maximum Gasteiger partial charge on any atom is 0.252 e. The van der Waals surface area contributed by atoms with Gasteiger partial charge < -0.3 is 4.74 Å². The molecule has 2 unspecified atom stereocenters. The Labute approximate surface area is 117 Å². The van der Waals surface area contributed by atoms with Crippen LogP contribution in [0, 0.1) is 6.92 Å². The predicted octanol–water partition coefficient (Wildman–Crippen LogP) is 2.07. The van der Waals surface area contributed by atoms with Gasteiger partial charge in [0.1, 0.15) is 4.21 Å². The summed E-state index contributed by atoms with van der Waals surface area (Å²) in [4.78, 5) is 0.989. The zero-order chi connectivity index (χ0) is 13.3. The van der Waals surface area contributed by atoms with Crippen LogP contribution >= 0.6 is 22.9 Å². The molecule has 4 nitrogen and oxygen atoms in total. The third-order valence-corrected chi connectivity index (χ3v) is 6.69. The van der Waals surface area contributed by atoms with E-state index in [0.29, 0.717) is 23.2 Å². The van der Waals surface area contributed by atoms with Crippen molar-refractivity contribution in [1.82, 2.24) is 4.31 Å². The molecule has 2 heterocycles. The lowest BCUT2D eigenvalue weighted by Gasteiger charge is -2.35. The van der Waals surface area contributed by atoms with Crippen molar-refractivity contribution >= 4 is 33.0 Å². The summed E-state index contributed by atoms with van der Waals surface area (Å²) in [5.41, 5.74) is 0. The molecule has 102 valence electrons. The number of hydrogen-bond donors (Lipinski definition) is 0. The van der Waals surface area contributed by atoms with Crippen LogP contribution in [0.4, 0.5) is 0 Å². The fraction of sp³-hybridized carbons (Fsp3) is 0.636. The molecule has 0 saturated carbocycles. The molecule has 0 amide bonds. The van der Waals surface area contributed by atoms with Crippen LogP contribution in [0.25, 0.3) is 0 Å². The molecular formula is C11H16ClNO3S2. The second-order valence-electron chi connectivity index (χ2n) is 4.40. The van der Waals surface area contributed by atoms with E-state index in [9.17, 15) is 8.42 Å². The monoisotopic (exact) mass is 309 g/mol. The van der Waals surface area contributed by atoms with Crippen LogP contribution in [0.5, 0.6) is 0 Å². The molecule has 1 aromatic heterocycles. The van der Waals surface area contributed by atoms with Gasteiger partial charge in [0.25, 0.3) is 10.0 Å². The molecule has 0 spiro atoms. The Morgan fingerprint density at radius 3 is 2.83 bits per heavy atom. The Bertz CT molecular complexity index is 514. The number of aryl methyl sites for hydroxylation is 1. The van der Waals surface area contributed by atoms with E-state index < -0.39 is 10.0 Å². The number of rotatable bonds is 3. The molecule has 2 atom stereocenters. The minimum Gasteiger partial charge on any atom is -0.374 e. The molecule has 0 bridgehead atoms. The first-order valence-electron chi connectivity index (χ1n) is 5.71. The van der Waals surface area contributed by atoms with Crippen molar-refractivity contribution in [3.05, 3.63) is 17.0 Å². The highest BCUT2D eigenvalue weighted by atomic mass is 35.5. The van der Waals surface area contributed by atoms with Gasteiger partial charge in [-0.2, -0.15) is 4.31 Å². The van der Waals surface area contributed by atoms with Gasteiger partial charge in [0, 0.05) is 23.3 Å². The first-order valence-corrected chi connectivity index (χ1v) is 8.50. The summed E-state index contributed by atoms with van der Waals surface area (Å²) in [6, 6.07) is 3.33. The summed E-state index contributed by atoms with van der Waals surface area (Å²) < 4.78 is 32.4. The summed E-state index contributed by atoms with van der Waals surface area (Å²) in [5.74, 6) is 0.308. The molecule has 1 saturated heterocycles. The number of sulfonamides is 1. The van der Waals surface area contributed by atoms with E-state index in [1.165, 1.54) is 15.6 Å². The molecule has 1 aliphatic rings. The fourth-order valence-electron chi connectivity index (χ4n) is 1.89. The van der Waals surface area contributed by atoms with Crippen LogP contribution in [0.3, 0.4) is 0 Å². The maximum atomic E-state index is 12.5. The van der Waals surface area contributed by atoms with E-state index in [-0.39, 0.29) is 12.1 Å². The Morgan fingerprint density at radius 2 is 2.28 bits per heavy atom. The van der Waals surface area contributed by atoms with Crippen molar-refractivity contribution in [3.63, 3.8) is 0 Å². The molecular weight excluding hydrogens is 294 g/mol. The van der Waals surface area contributed by atoms with Crippen LogP contribution in [0.15, 0.2) is 16.3 Å². The molecule has 0 N–H and O–H groups in total. The lowest BCUT2D eigenvalue weighted by molar-refractivity contribution is -0.0151. The van der Waals surface area contributed by atoms with Gasteiger partial charge in [0.05, 0.1) is 12.7 Å². The summed E-state index contributed by atoms with van der Waals surface area (Å²) >= 11 is 7.05. The van der Waals surface area contributed by atoms with Gasteiger partial charge in [0.2, 0.25) is 0 Å². The normalized spacial score (nSPS) is 26.4. The van der Waals surface area contributed by atoms with Crippen molar-refractivity contribution in [2.24, 2.45) is 0 Å². The molecule has 1 aromatic rings. The summed E-state index contributed by atoms with van der Waals surface area (Å²) in [6.45, 7) is 4.46. The summed E-state index contributed by atoms with van der Waals surface area (Å²) in [7, 11) is -3.42. The highest BCUT2D eigenvalue weighted by Gasteiger charge is 2.35. The van der Waals surface area contributed by atoms with Gasteiger partial charge in [0.15, 0.2) is 0 Å². The lowest BCUT2D eigenvalue weighted by Crippen LogP contribution is -2.51. The lowest BCUT2D eigenvalue weighted by atomic mass is 10.2. The number of morpholine rings is 1. The van der Waals surface area contributed by atoms with Crippen LogP contribution in [0.1, 0.15) is 11.8 Å². The van der Waals surface area contributed by atoms with Crippen molar-refractivity contribution in [1.29, 1.82) is 0 Å². The minimum atomic E-state index is -3.42. The molecule has 0 radical (unpaired) electrons. The average molecular weight is 310 g/mol. The van der Waals surface area contributed by atoms with Gasteiger partial charge in [-0.15, -0.1) is 22.9 Å². The fourth-order valence-corrected chi connectivity index (χ4v) is 5.13. The van der Waals surface area contributed by atoms with Gasteiger partial charge >= 0.3 is 0 Å². The highest BCUT2D eigenvalue weighted by molar-refractivity contribution is 7.91. The van der Waals surface area contributed by atoms with Crippen molar-refractivity contribution in [3.8, 4) is 0 Å². The smallest absolute Gasteiger partial charge is 0.252 e. The van der Waals surface area contributed by atoms with Crippen molar-refractivity contribution in [2.45, 2.75) is 30.2 Å². The van der Waals surface area contributed by atoms with Gasteiger partial charge in [-0.25, -0.2) is 8.42 Å². The summed E-state index contributed by atoms with van der Waals surface area (Å²) in [6.07, 6.45) is -0.223. The quantitative estimate of drug-likeness (QED) is 0.803. The molecule has 18 heavy (non-hydrogen) atoms. The molecule has 1 aliphatic heterocycles. The molecule has 7 heteroatoms. The second-order valence-corrected chi connectivity index (χ2v) is 8.11. The Balaban J connectivity index is 2.28. The van der Waals surface area contributed by atoms with Crippen LogP contribution < -0.4 is 0 Å². The number of halogens is 1. The Kier molecular flexibility index (Phi) is 4.33. The molecule has 1 fully saturated rings. The van der Waals surface area contributed by atoms with Gasteiger partial charge in [-0.3, -0.25) is 0 Å². The zero-order valence-electron chi connectivity index (χ0n) is 10.3. The summed E-state index contributed by atoms with van der Waals surface area (Å²) in [5, 5.41) is 0. The maximum absolute atomic E-state index is 12.5. The topological polar surface area (TPSA) is 46.6 Å². The standard InChI is InChI=1S/C11H16ClNO3S2/c1-8-7-16-10(5-12)6-13(8)18(14,15)11-4-3-9(2)17-11/h3-4,8,10H,5-7H2,1-2H3. The molecule has 2 rings (SSSR count). The second kappa shape index (κ2) is 5.46. The van der Waals surface area contributed by atoms with E-state index in [1.54, 1.807) is 6.07 Å². The average Bonchev–Trinajstić information content (AvgIpc) is 2.77. The number of ether oxygens (including phenoxy) is 1. The molecule has 0 aromatic carbocycles. The molecule has 0 aliphatic carbocycles. The SMILES string of the molecule is Cc1ccc(S(=O)(=O)N2CC(CCl)OCC2C)s1. The van der Waals surface area contributed by atoms with Crippen LogP contribution in [0.2, 0.25) is 0 Å². The number of nitrogens with zero attached hydrogens (tertiary/aromatic N) is 1. The van der Waals surface area contributed by atoms with Crippen LogP contribution in [-0.2, 0) is 14.8 Å². The number of alkyl halides is 1. The number of hydrogen-bond acceptors (Lipinski definition) is 4. The van der Waals surface area contributed by atoms with E-state index in [2.05, 4.69) is 0 Å². The Morgan fingerprint density at radius 1 is 1.56 bits per heavy atom. The minimum absolute atomic E-state index is 0.156. The van der Waals surface area contributed by atoms with E-state index in [0.717, 1.165) is 4.88 Å². The van der Waals surface area contributed by atoms with E-state index in [1.807, 2.05) is 19.9 Å². The van der Waals surface area contributed by atoms with Gasteiger partial charge in [-0.1, -0.05) is 0 Å². The number of thiophene rings is 1. The Hall–Kier alpha value is -0.140. The van der Waals surface area contributed by atoms with E-state index in [4.69, 9.17) is 16.3 Å². The third-order valence-electron chi connectivity index (χ3n) is 2.90. The van der Waals surface area contributed by atoms with Crippen LogP contribution in [-0.4, -0.2) is 43.9 Å². The highest BCUT2D eigenvalue weighted by Crippen LogP contribution is 2.27. The predicted molar refractivity (Wildman–Crippen MR) is 72.9 cm³/mol. The third kappa shape index (κ3) is 2.72. The first kappa shape index (κ1) is 14.3.